The van der Waals surface area contributed by atoms with Gasteiger partial charge in [0.05, 0.1) is 5.69 Å². The smallest absolute Gasteiger partial charge is 0.158 e. The average Bonchev–Trinajstić information content (AvgIpc) is 3.07. The van der Waals surface area contributed by atoms with E-state index in [0.29, 0.717) is 12.1 Å². The highest BCUT2D eigenvalue weighted by atomic mass is 35.5. The molecule has 26 heavy (non-hydrogen) atoms. The Morgan fingerprint density at radius 3 is 2.50 bits per heavy atom. The molecule has 2 N–H and O–H groups in total. The van der Waals surface area contributed by atoms with Gasteiger partial charge in [-0.2, -0.15) is 5.10 Å². The van der Waals surface area contributed by atoms with Gasteiger partial charge in [0.2, 0.25) is 0 Å². The van der Waals surface area contributed by atoms with Gasteiger partial charge in [0.15, 0.2) is 5.82 Å². The molecule has 0 amide bonds. The molecule has 1 saturated heterocycles. The van der Waals surface area contributed by atoms with Crippen molar-refractivity contribution in [2.45, 2.75) is 32.4 Å². The first-order valence-electron chi connectivity index (χ1n) is 9.16. The molecular weight excluding hydrogens is 346 g/mol. The second kappa shape index (κ2) is 7.25. The van der Waals surface area contributed by atoms with Gasteiger partial charge in [-0.15, -0.1) is 0 Å². The Morgan fingerprint density at radius 1 is 1.12 bits per heavy atom. The quantitative estimate of drug-likeness (QED) is 0.865. The molecule has 1 aromatic heterocycles. The maximum Gasteiger partial charge on any atom is 0.158 e. The number of dihydropyridines is 1. The number of aromatic nitrogens is 2. The molecule has 0 aliphatic carbocycles. The summed E-state index contributed by atoms with van der Waals surface area (Å²) in [4.78, 5) is 6.74. The van der Waals surface area contributed by atoms with Crippen molar-refractivity contribution < 1.29 is 0 Å². The van der Waals surface area contributed by atoms with Gasteiger partial charge in [0.25, 0.3) is 0 Å². The summed E-state index contributed by atoms with van der Waals surface area (Å²) in [6.45, 7) is 7.17. The molecule has 0 saturated carbocycles. The molecule has 4 rings (SSSR count). The Balaban J connectivity index is 1.80. The summed E-state index contributed by atoms with van der Waals surface area (Å²) in [7, 11) is 0. The van der Waals surface area contributed by atoms with Crippen molar-refractivity contribution in [3.8, 4) is 11.3 Å². The van der Waals surface area contributed by atoms with Gasteiger partial charge in [-0.05, 0) is 44.1 Å². The Hall–Kier alpha value is -2.11. The van der Waals surface area contributed by atoms with Crippen molar-refractivity contribution in [1.29, 1.82) is 0 Å². The first-order chi connectivity index (χ1) is 12.6. The average molecular weight is 370 g/mol. The number of hydrogen-bond acceptors (Lipinski definition) is 4. The normalized spacial score (nSPS) is 23.2. The Kier molecular flexibility index (Phi) is 4.83. The third kappa shape index (κ3) is 3.41. The topological polar surface area (TPSA) is 56.3 Å². The van der Waals surface area contributed by atoms with Gasteiger partial charge in [-0.3, -0.25) is 10.1 Å². The highest BCUT2D eigenvalue weighted by Crippen LogP contribution is 2.37. The van der Waals surface area contributed by atoms with Crippen LogP contribution in [0.5, 0.6) is 0 Å². The number of rotatable bonds is 3. The number of hydrogen-bond donors (Lipinski definition) is 2. The molecule has 2 atom stereocenters. The standard InChI is InChI=1S/C20H24ClN5/c1-13-11-26(12-14(2)23-13)20-18(15-7-9-22-10-8-15)19(24-25-20)16-3-5-17(21)6-4-16/h3-7,9,13-14,23H,8,10-12H2,1-2H3,(H,24,25). The molecule has 2 aliphatic heterocycles. The van der Waals surface area contributed by atoms with Crippen LogP contribution < -0.4 is 10.2 Å². The van der Waals surface area contributed by atoms with E-state index < -0.39 is 0 Å². The fourth-order valence-electron chi connectivity index (χ4n) is 3.88. The van der Waals surface area contributed by atoms with Crippen molar-refractivity contribution in [1.82, 2.24) is 15.5 Å². The summed E-state index contributed by atoms with van der Waals surface area (Å²) in [5.41, 5.74) is 4.63. The van der Waals surface area contributed by atoms with Crippen molar-refractivity contribution in [2.75, 3.05) is 24.5 Å². The lowest BCUT2D eigenvalue weighted by molar-refractivity contribution is 0.405. The number of benzene rings is 1. The molecule has 2 unspecified atom stereocenters. The molecule has 0 spiro atoms. The zero-order valence-electron chi connectivity index (χ0n) is 15.2. The van der Waals surface area contributed by atoms with Gasteiger partial charge < -0.3 is 10.2 Å². The van der Waals surface area contributed by atoms with Crippen LogP contribution in [0, 0.1) is 0 Å². The number of piperazine rings is 1. The maximum atomic E-state index is 6.08. The number of nitrogens with one attached hydrogen (secondary N) is 2. The Labute approximate surface area is 159 Å². The van der Waals surface area contributed by atoms with Gasteiger partial charge in [-0.25, -0.2) is 0 Å². The van der Waals surface area contributed by atoms with Crippen molar-refractivity contribution in [3.05, 3.63) is 40.9 Å². The Bertz CT molecular complexity index is 826. The van der Waals surface area contributed by atoms with E-state index in [-0.39, 0.29) is 0 Å². The van der Waals surface area contributed by atoms with Gasteiger partial charge >= 0.3 is 0 Å². The molecule has 2 aliphatic rings. The highest BCUT2D eigenvalue weighted by molar-refractivity contribution is 6.30. The number of H-pyrrole nitrogens is 1. The lowest BCUT2D eigenvalue weighted by Gasteiger charge is -2.37. The van der Waals surface area contributed by atoms with Crippen LogP contribution in [0.1, 0.15) is 25.8 Å². The van der Waals surface area contributed by atoms with Crippen LogP contribution >= 0.6 is 11.6 Å². The van der Waals surface area contributed by atoms with E-state index in [9.17, 15) is 0 Å². The van der Waals surface area contributed by atoms with Crippen LogP contribution in [0.3, 0.4) is 0 Å². The van der Waals surface area contributed by atoms with E-state index in [2.05, 4.69) is 40.2 Å². The van der Waals surface area contributed by atoms with E-state index in [1.807, 2.05) is 30.5 Å². The van der Waals surface area contributed by atoms with E-state index in [1.54, 1.807) is 0 Å². The van der Waals surface area contributed by atoms with Crippen LogP contribution in [-0.2, 0) is 0 Å². The zero-order valence-corrected chi connectivity index (χ0v) is 15.9. The lowest BCUT2D eigenvalue weighted by Crippen LogP contribution is -2.54. The molecule has 6 heteroatoms. The van der Waals surface area contributed by atoms with Crippen LogP contribution in [0.15, 0.2) is 35.3 Å². The monoisotopic (exact) mass is 369 g/mol. The van der Waals surface area contributed by atoms with Crippen LogP contribution in [0.2, 0.25) is 5.02 Å². The van der Waals surface area contributed by atoms with Crippen molar-refractivity contribution in [2.24, 2.45) is 4.99 Å². The first-order valence-corrected chi connectivity index (χ1v) is 9.54. The van der Waals surface area contributed by atoms with Crippen LogP contribution in [-0.4, -0.2) is 48.1 Å². The second-order valence-electron chi connectivity index (χ2n) is 7.18. The molecule has 1 fully saturated rings. The summed E-state index contributed by atoms with van der Waals surface area (Å²) < 4.78 is 0. The number of nitrogens with zero attached hydrogens (tertiary/aromatic N) is 3. The third-order valence-corrected chi connectivity index (χ3v) is 5.20. The molecular formula is C20H24ClN5. The predicted molar refractivity (Wildman–Crippen MR) is 109 cm³/mol. The molecule has 2 aromatic rings. The Morgan fingerprint density at radius 2 is 1.85 bits per heavy atom. The number of allylic oxidation sites excluding steroid dienone is 1. The minimum atomic E-state index is 0.434. The van der Waals surface area contributed by atoms with E-state index >= 15 is 0 Å². The summed E-state index contributed by atoms with van der Waals surface area (Å²) in [5.74, 6) is 1.04. The van der Waals surface area contributed by atoms with E-state index in [1.165, 1.54) is 11.1 Å². The molecule has 0 bridgehead atoms. The van der Waals surface area contributed by atoms with Gasteiger partial charge in [0, 0.05) is 54.1 Å². The SMILES string of the molecule is CC1CN(c2n[nH]c(-c3ccc(Cl)cc3)c2C2=CC=NCC2)CC(C)N1. The number of halogens is 1. The maximum absolute atomic E-state index is 6.08. The molecule has 3 heterocycles. The summed E-state index contributed by atoms with van der Waals surface area (Å²) in [6.07, 6.45) is 4.96. The van der Waals surface area contributed by atoms with Crippen LogP contribution in [0.4, 0.5) is 5.82 Å². The predicted octanol–water partition coefficient (Wildman–Crippen LogP) is 3.77. The largest absolute Gasteiger partial charge is 0.352 e. The molecule has 0 radical (unpaired) electrons. The highest BCUT2D eigenvalue weighted by Gasteiger charge is 2.28. The molecule has 136 valence electrons. The minimum absolute atomic E-state index is 0.434. The number of anilines is 1. The number of aromatic amines is 1. The summed E-state index contributed by atoms with van der Waals surface area (Å²) in [5, 5.41) is 12.4. The van der Waals surface area contributed by atoms with Crippen LogP contribution in [0.25, 0.3) is 16.8 Å². The van der Waals surface area contributed by atoms with Gasteiger partial charge in [0.1, 0.15) is 0 Å². The lowest BCUT2D eigenvalue weighted by atomic mass is 9.96. The first kappa shape index (κ1) is 17.3. The fourth-order valence-corrected chi connectivity index (χ4v) is 4.01. The summed E-state index contributed by atoms with van der Waals surface area (Å²) >= 11 is 6.08. The summed E-state index contributed by atoms with van der Waals surface area (Å²) in [6, 6.07) is 8.81. The number of aliphatic imine (C=N–C) groups is 1. The van der Waals surface area contributed by atoms with Crippen molar-refractivity contribution in [3.63, 3.8) is 0 Å². The van der Waals surface area contributed by atoms with E-state index in [0.717, 1.165) is 48.2 Å². The third-order valence-electron chi connectivity index (χ3n) is 4.95. The second-order valence-corrected chi connectivity index (χ2v) is 7.61. The van der Waals surface area contributed by atoms with E-state index in [4.69, 9.17) is 16.7 Å². The minimum Gasteiger partial charge on any atom is -0.352 e. The molecule has 5 nitrogen and oxygen atoms in total. The molecule has 1 aromatic carbocycles. The van der Waals surface area contributed by atoms with Crippen molar-refractivity contribution >= 4 is 29.2 Å². The van der Waals surface area contributed by atoms with Gasteiger partial charge in [-0.1, -0.05) is 23.7 Å². The fraction of sp³-hybridized carbons (Fsp3) is 0.400. The zero-order chi connectivity index (χ0) is 18.1.